The predicted molar refractivity (Wildman–Crippen MR) is 67.9 cm³/mol. The van der Waals surface area contributed by atoms with Gasteiger partial charge in [0.1, 0.15) is 7.28 Å². The molecule has 0 saturated heterocycles. The molecule has 0 N–H and O–H groups in total. The van der Waals surface area contributed by atoms with Gasteiger partial charge in [0.05, 0.1) is 0 Å². The van der Waals surface area contributed by atoms with E-state index >= 15 is 0 Å². The summed E-state index contributed by atoms with van der Waals surface area (Å²) in [7, 11) is 2.11. The van der Waals surface area contributed by atoms with Crippen LogP contribution in [-0.2, 0) is 0 Å². The molecule has 2 rings (SSSR count). The van der Waals surface area contributed by atoms with Gasteiger partial charge in [0.2, 0.25) is 0 Å². The highest BCUT2D eigenvalue weighted by molar-refractivity contribution is 6.51. The van der Waals surface area contributed by atoms with Crippen molar-refractivity contribution >= 4 is 12.7 Å². The van der Waals surface area contributed by atoms with E-state index in [1.54, 1.807) is 0 Å². The quantitative estimate of drug-likeness (QED) is 0.643. The van der Waals surface area contributed by atoms with Gasteiger partial charge in [-0.15, -0.1) is 0 Å². The van der Waals surface area contributed by atoms with Crippen molar-refractivity contribution < 1.29 is 0 Å². The third-order valence-corrected chi connectivity index (χ3v) is 2.63. The van der Waals surface area contributed by atoms with Crippen LogP contribution in [0.1, 0.15) is 5.56 Å². The van der Waals surface area contributed by atoms with Gasteiger partial charge in [0, 0.05) is 0 Å². The van der Waals surface area contributed by atoms with Gasteiger partial charge in [-0.25, -0.2) is 0 Å². The fourth-order valence-electron chi connectivity index (χ4n) is 1.61. The standard InChI is InChI=1S/C14H14B/c1-11-3-5-12(6-4-11)13-7-9-14(15-2)10-8-13/h3-10H,1-2H3. The second-order valence-electron chi connectivity index (χ2n) is 3.78. The molecule has 0 aliphatic rings. The maximum absolute atomic E-state index is 2.17. The van der Waals surface area contributed by atoms with Crippen LogP contribution in [0.4, 0.5) is 0 Å². The molecule has 0 aromatic heterocycles. The molecule has 0 amide bonds. The Kier molecular flexibility index (Phi) is 2.91. The highest BCUT2D eigenvalue weighted by atomic mass is 14.0. The average molecular weight is 193 g/mol. The Morgan fingerprint density at radius 2 is 1.20 bits per heavy atom. The van der Waals surface area contributed by atoms with Gasteiger partial charge >= 0.3 is 0 Å². The van der Waals surface area contributed by atoms with Gasteiger partial charge in [0.15, 0.2) is 0 Å². The van der Waals surface area contributed by atoms with Crippen LogP contribution in [0.25, 0.3) is 11.1 Å². The van der Waals surface area contributed by atoms with Crippen molar-refractivity contribution in [1.82, 2.24) is 0 Å². The SMILES string of the molecule is C[B]c1ccc(-c2ccc(C)cc2)cc1. The van der Waals surface area contributed by atoms with E-state index in [0.29, 0.717) is 0 Å². The molecule has 2 aromatic rings. The smallest absolute Gasteiger partial charge is 0.0881 e. The van der Waals surface area contributed by atoms with Crippen LogP contribution in [0.15, 0.2) is 48.5 Å². The minimum Gasteiger partial charge on any atom is -0.0881 e. The third kappa shape index (κ3) is 2.30. The molecule has 0 bridgehead atoms. The van der Waals surface area contributed by atoms with Crippen LogP contribution in [0.2, 0.25) is 6.82 Å². The lowest BCUT2D eigenvalue weighted by Crippen LogP contribution is -2.08. The zero-order chi connectivity index (χ0) is 10.7. The van der Waals surface area contributed by atoms with Crippen molar-refractivity contribution in [2.24, 2.45) is 0 Å². The molecule has 1 heteroatoms. The maximum Gasteiger partial charge on any atom is 0.148 e. The Morgan fingerprint density at radius 1 is 0.733 bits per heavy atom. The molecule has 0 fully saturated rings. The summed E-state index contributed by atoms with van der Waals surface area (Å²) in [5.74, 6) is 0. The Bertz CT molecular complexity index is 426. The first-order valence-corrected chi connectivity index (χ1v) is 5.26. The summed E-state index contributed by atoms with van der Waals surface area (Å²) < 4.78 is 0. The van der Waals surface area contributed by atoms with Crippen LogP contribution in [-0.4, -0.2) is 7.28 Å². The highest BCUT2D eigenvalue weighted by Crippen LogP contribution is 2.18. The number of hydrogen-bond donors (Lipinski definition) is 0. The fraction of sp³-hybridized carbons (Fsp3) is 0.143. The maximum atomic E-state index is 2.17. The lowest BCUT2D eigenvalue weighted by molar-refractivity contribution is 1.47. The lowest BCUT2D eigenvalue weighted by Gasteiger charge is -2.03. The van der Waals surface area contributed by atoms with Gasteiger partial charge < -0.3 is 0 Å². The monoisotopic (exact) mass is 193 g/mol. The molecule has 0 nitrogen and oxygen atoms in total. The van der Waals surface area contributed by atoms with Crippen LogP contribution in [0.5, 0.6) is 0 Å². The second kappa shape index (κ2) is 4.35. The van der Waals surface area contributed by atoms with Gasteiger partial charge in [0.25, 0.3) is 0 Å². The minimum absolute atomic E-state index is 1.27. The van der Waals surface area contributed by atoms with Gasteiger partial charge in [-0.3, -0.25) is 0 Å². The van der Waals surface area contributed by atoms with E-state index in [1.807, 2.05) is 0 Å². The van der Waals surface area contributed by atoms with E-state index in [4.69, 9.17) is 0 Å². The zero-order valence-electron chi connectivity index (χ0n) is 9.20. The first-order chi connectivity index (χ1) is 7.29. The topological polar surface area (TPSA) is 0 Å². The zero-order valence-corrected chi connectivity index (χ0v) is 9.20. The Balaban J connectivity index is 2.33. The van der Waals surface area contributed by atoms with E-state index in [9.17, 15) is 0 Å². The molecule has 15 heavy (non-hydrogen) atoms. The molecule has 1 radical (unpaired) electrons. The van der Waals surface area contributed by atoms with Gasteiger partial charge in [-0.1, -0.05) is 66.4 Å². The summed E-state index contributed by atoms with van der Waals surface area (Å²) in [6.07, 6.45) is 0. The van der Waals surface area contributed by atoms with E-state index in [-0.39, 0.29) is 0 Å². The molecule has 2 aromatic carbocycles. The Hall–Kier alpha value is -1.50. The molecule has 0 unspecified atom stereocenters. The lowest BCUT2D eigenvalue weighted by atomic mass is 9.73. The summed E-state index contributed by atoms with van der Waals surface area (Å²) in [6, 6.07) is 17.3. The van der Waals surface area contributed by atoms with Crippen LogP contribution < -0.4 is 5.46 Å². The molecule has 0 heterocycles. The molecule has 0 aliphatic carbocycles. The van der Waals surface area contributed by atoms with E-state index < -0.39 is 0 Å². The van der Waals surface area contributed by atoms with Crippen LogP contribution in [0.3, 0.4) is 0 Å². The molecule has 0 saturated carbocycles. The van der Waals surface area contributed by atoms with Gasteiger partial charge in [-0.05, 0) is 18.1 Å². The van der Waals surface area contributed by atoms with Crippen molar-refractivity contribution in [2.45, 2.75) is 13.7 Å². The summed E-state index contributed by atoms with van der Waals surface area (Å²) >= 11 is 0. The van der Waals surface area contributed by atoms with Crippen molar-refractivity contribution in [3.63, 3.8) is 0 Å². The first kappa shape index (κ1) is 10.0. The van der Waals surface area contributed by atoms with Crippen molar-refractivity contribution in [2.75, 3.05) is 0 Å². The summed E-state index contributed by atoms with van der Waals surface area (Å²) in [5, 5.41) is 0. The minimum atomic E-state index is 1.27. The summed E-state index contributed by atoms with van der Waals surface area (Å²) in [5.41, 5.74) is 5.13. The molecule has 73 valence electrons. The third-order valence-electron chi connectivity index (χ3n) is 2.63. The predicted octanol–water partition coefficient (Wildman–Crippen LogP) is 3.04. The summed E-state index contributed by atoms with van der Waals surface area (Å²) in [6.45, 7) is 4.17. The van der Waals surface area contributed by atoms with Crippen molar-refractivity contribution in [1.29, 1.82) is 0 Å². The Morgan fingerprint density at radius 3 is 1.67 bits per heavy atom. The second-order valence-corrected chi connectivity index (χ2v) is 3.78. The molecule has 0 atom stereocenters. The van der Waals surface area contributed by atoms with E-state index in [0.717, 1.165) is 0 Å². The fourth-order valence-corrected chi connectivity index (χ4v) is 1.61. The molecular weight excluding hydrogens is 179 g/mol. The molecule has 0 spiro atoms. The van der Waals surface area contributed by atoms with Crippen LogP contribution in [0, 0.1) is 6.92 Å². The van der Waals surface area contributed by atoms with Crippen molar-refractivity contribution in [3.05, 3.63) is 54.1 Å². The number of aryl methyl sites for hydroxylation is 1. The van der Waals surface area contributed by atoms with E-state index in [1.165, 1.54) is 22.2 Å². The molecule has 0 aliphatic heterocycles. The largest absolute Gasteiger partial charge is 0.148 e. The highest BCUT2D eigenvalue weighted by Gasteiger charge is 1.96. The van der Waals surface area contributed by atoms with Crippen LogP contribution >= 0.6 is 0 Å². The van der Waals surface area contributed by atoms with Gasteiger partial charge in [-0.2, -0.15) is 0 Å². The van der Waals surface area contributed by atoms with E-state index in [2.05, 4.69) is 69.6 Å². The average Bonchev–Trinajstić information content (AvgIpc) is 2.30. The number of rotatable bonds is 2. The Labute approximate surface area is 92.2 Å². The normalized spacial score (nSPS) is 10.0. The first-order valence-electron chi connectivity index (χ1n) is 5.26. The number of hydrogen-bond acceptors (Lipinski definition) is 0. The number of benzene rings is 2. The molecular formula is C14H14B. The summed E-state index contributed by atoms with van der Waals surface area (Å²) in [4.78, 5) is 0. The van der Waals surface area contributed by atoms with Crippen molar-refractivity contribution in [3.8, 4) is 11.1 Å².